The zero-order valence-electron chi connectivity index (χ0n) is 18.8. The molecule has 5 nitrogen and oxygen atoms in total. The summed E-state index contributed by atoms with van der Waals surface area (Å²) in [7, 11) is 1.67. The molecule has 0 aliphatic rings. The van der Waals surface area contributed by atoms with Crippen LogP contribution in [-0.2, 0) is 0 Å². The van der Waals surface area contributed by atoms with Gasteiger partial charge in [0.05, 0.1) is 30.4 Å². The van der Waals surface area contributed by atoms with Crippen molar-refractivity contribution in [2.24, 2.45) is 5.10 Å². The maximum absolute atomic E-state index is 5.33. The molecule has 5 rings (SSSR count). The maximum atomic E-state index is 5.33. The van der Waals surface area contributed by atoms with Crippen molar-refractivity contribution in [2.75, 3.05) is 12.1 Å². The molecule has 166 valence electrons. The molecule has 0 unspecified atom stereocenters. The monoisotopic (exact) mass is 444 g/mol. The Hall–Kier alpha value is -4.64. The van der Waals surface area contributed by atoms with E-state index in [1.807, 2.05) is 137 Å². The van der Waals surface area contributed by atoms with Crippen molar-refractivity contribution in [1.29, 1.82) is 0 Å². The fourth-order valence-electron chi connectivity index (χ4n) is 3.71. The fourth-order valence-corrected chi connectivity index (χ4v) is 3.71. The minimum absolute atomic E-state index is 0.806. The van der Waals surface area contributed by atoms with Gasteiger partial charge in [0.15, 0.2) is 0 Å². The van der Waals surface area contributed by atoms with Crippen LogP contribution in [-0.4, -0.2) is 23.1 Å². The Kier molecular flexibility index (Phi) is 6.16. The van der Waals surface area contributed by atoms with Crippen molar-refractivity contribution in [3.05, 3.63) is 127 Å². The molecule has 0 fully saturated rings. The van der Waals surface area contributed by atoms with Crippen LogP contribution in [0.4, 0.5) is 11.4 Å². The predicted molar refractivity (Wildman–Crippen MR) is 138 cm³/mol. The summed E-state index contributed by atoms with van der Waals surface area (Å²) >= 11 is 0. The zero-order valence-corrected chi connectivity index (χ0v) is 18.8. The van der Waals surface area contributed by atoms with Crippen molar-refractivity contribution < 1.29 is 4.74 Å². The van der Waals surface area contributed by atoms with Crippen LogP contribution in [0.15, 0.2) is 127 Å². The first kappa shape index (κ1) is 21.2. The van der Waals surface area contributed by atoms with Gasteiger partial charge < -0.3 is 4.74 Å². The van der Waals surface area contributed by atoms with Gasteiger partial charge in [-0.15, -0.1) is 0 Å². The molecule has 0 spiro atoms. The summed E-state index contributed by atoms with van der Waals surface area (Å²) in [5.41, 5.74) is 5.68. The third-order valence-corrected chi connectivity index (χ3v) is 5.44. The molecule has 0 aliphatic carbocycles. The van der Waals surface area contributed by atoms with Gasteiger partial charge in [-0.05, 0) is 60.7 Å². The predicted octanol–water partition coefficient (Wildman–Crippen LogP) is 6.72. The minimum atomic E-state index is 0.806. The normalized spacial score (nSPS) is 11.0. The Morgan fingerprint density at radius 2 is 1.29 bits per heavy atom. The third-order valence-electron chi connectivity index (χ3n) is 5.44. The molecular formula is C29H24N4O. The highest BCUT2D eigenvalue weighted by Gasteiger charge is 2.13. The minimum Gasteiger partial charge on any atom is -0.497 e. The summed E-state index contributed by atoms with van der Waals surface area (Å²) in [6, 6.07) is 38.2. The van der Waals surface area contributed by atoms with E-state index in [-0.39, 0.29) is 0 Å². The molecule has 0 saturated carbocycles. The van der Waals surface area contributed by atoms with E-state index in [0.717, 1.165) is 39.6 Å². The second-order valence-electron chi connectivity index (χ2n) is 7.67. The van der Waals surface area contributed by atoms with E-state index < -0.39 is 0 Å². The van der Waals surface area contributed by atoms with Crippen molar-refractivity contribution in [2.45, 2.75) is 0 Å². The number of hydrogen-bond acceptors (Lipinski definition) is 4. The molecule has 0 atom stereocenters. The van der Waals surface area contributed by atoms with E-state index >= 15 is 0 Å². The van der Waals surface area contributed by atoms with Crippen molar-refractivity contribution in [3.8, 4) is 22.7 Å². The number of benzene rings is 4. The number of anilines is 2. The largest absolute Gasteiger partial charge is 0.497 e. The van der Waals surface area contributed by atoms with Gasteiger partial charge in [0.2, 0.25) is 0 Å². The molecule has 1 heterocycles. The number of methoxy groups -OCH3 is 1. The molecule has 1 aromatic heterocycles. The van der Waals surface area contributed by atoms with E-state index in [1.54, 1.807) is 7.11 Å². The van der Waals surface area contributed by atoms with E-state index in [2.05, 4.69) is 0 Å². The summed E-state index contributed by atoms with van der Waals surface area (Å²) in [6.45, 7) is 0. The molecule has 0 saturated heterocycles. The molecule has 5 aromatic rings. The third kappa shape index (κ3) is 4.59. The lowest BCUT2D eigenvalue weighted by molar-refractivity contribution is 0.415. The molecule has 0 aliphatic heterocycles. The van der Waals surface area contributed by atoms with Crippen LogP contribution in [0.2, 0.25) is 0 Å². The average molecular weight is 445 g/mol. The first-order valence-corrected chi connectivity index (χ1v) is 11.1. The molecule has 0 radical (unpaired) electrons. The van der Waals surface area contributed by atoms with E-state index in [9.17, 15) is 0 Å². The van der Waals surface area contributed by atoms with Gasteiger partial charge >= 0.3 is 0 Å². The van der Waals surface area contributed by atoms with Gasteiger partial charge in [-0.1, -0.05) is 54.6 Å². The van der Waals surface area contributed by atoms with Crippen LogP contribution in [0.3, 0.4) is 0 Å². The Morgan fingerprint density at radius 1 is 0.735 bits per heavy atom. The van der Waals surface area contributed by atoms with Crippen molar-refractivity contribution >= 4 is 17.6 Å². The van der Waals surface area contributed by atoms with Gasteiger partial charge in [-0.25, -0.2) is 9.69 Å². The molecule has 4 aromatic carbocycles. The van der Waals surface area contributed by atoms with Crippen molar-refractivity contribution in [3.63, 3.8) is 0 Å². The van der Waals surface area contributed by atoms with Gasteiger partial charge in [0.25, 0.3) is 0 Å². The van der Waals surface area contributed by atoms with Gasteiger partial charge in [-0.3, -0.25) is 0 Å². The topological polar surface area (TPSA) is 42.6 Å². The van der Waals surface area contributed by atoms with Crippen LogP contribution in [0, 0.1) is 0 Å². The van der Waals surface area contributed by atoms with Crippen molar-refractivity contribution in [1.82, 2.24) is 9.78 Å². The molecule has 34 heavy (non-hydrogen) atoms. The molecule has 0 amide bonds. The van der Waals surface area contributed by atoms with Crippen LogP contribution >= 0.6 is 0 Å². The fraction of sp³-hybridized carbons (Fsp3) is 0.0345. The number of hydrazone groups is 1. The highest BCUT2D eigenvalue weighted by atomic mass is 16.5. The Morgan fingerprint density at radius 3 is 1.85 bits per heavy atom. The second-order valence-corrected chi connectivity index (χ2v) is 7.67. The number of rotatable bonds is 7. The summed E-state index contributed by atoms with van der Waals surface area (Å²) in [5.74, 6) is 0.806. The molecule has 0 bridgehead atoms. The molecular weight excluding hydrogens is 420 g/mol. The van der Waals surface area contributed by atoms with Gasteiger partial charge in [0, 0.05) is 17.3 Å². The lowest BCUT2D eigenvalue weighted by Crippen LogP contribution is -2.09. The molecule has 0 N–H and O–H groups in total. The number of ether oxygens (including phenoxy) is 1. The Balaban J connectivity index is 1.59. The number of para-hydroxylation sites is 3. The maximum Gasteiger partial charge on any atom is 0.118 e. The second kappa shape index (κ2) is 9.88. The quantitative estimate of drug-likeness (QED) is 0.207. The van der Waals surface area contributed by atoms with Crippen LogP contribution in [0.25, 0.3) is 16.9 Å². The average Bonchev–Trinajstić information content (AvgIpc) is 3.35. The van der Waals surface area contributed by atoms with E-state index in [0.29, 0.717) is 0 Å². The standard InChI is InChI=1S/C29H24N4O/c1-34-28-19-17-23(18-20-28)29-24(22-32(31-29)25-11-5-2-6-12-25)21-30-33(26-13-7-3-8-14-26)27-15-9-4-10-16-27/h2-22H,1H3/b30-21-. The Labute approximate surface area is 199 Å². The first-order valence-electron chi connectivity index (χ1n) is 11.1. The number of nitrogens with zero attached hydrogens (tertiary/aromatic N) is 4. The van der Waals surface area contributed by atoms with Gasteiger partial charge in [-0.2, -0.15) is 10.2 Å². The number of hydrogen-bond donors (Lipinski definition) is 0. The molecule has 5 heteroatoms. The zero-order chi connectivity index (χ0) is 23.2. The van der Waals surface area contributed by atoms with E-state index in [1.165, 1.54) is 0 Å². The van der Waals surface area contributed by atoms with Crippen LogP contribution in [0.1, 0.15) is 5.56 Å². The summed E-state index contributed by atoms with van der Waals surface area (Å²) in [4.78, 5) is 0. The highest BCUT2D eigenvalue weighted by molar-refractivity contribution is 5.90. The lowest BCUT2D eigenvalue weighted by atomic mass is 10.1. The summed E-state index contributed by atoms with van der Waals surface area (Å²) in [5, 5.41) is 11.7. The highest BCUT2D eigenvalue weighted by Crippen LogP contribution is 2.28. The SMILES string of the molecule is COc1ccc(-c2nn(-c3ccccc3)cc2/C=N\N(c2ccccc2)c2ccccc2)cc1. The lowest BCUT2D eigenvalue weighted by Gasteiger charge is -2.19. The Bertz CT molecular complexity index is 1320. The van der Waals surface area contributed by atoms with E-state index in [4.69, 9.17) is 14.9 Å². The number of aromatic nitrogens is 2. The van der Waals surface area contributed by atoms with Crippen LogP contribution < -0.4 is 9.75 Å². The summed E-state index contributed by atoms with van der Waals surface area (Å²) in [6.07, 6.45) is 3.87. The first-order chi connectivity index (χ1) is 16.8. The smallest absolute Gasteiger partial charge is 0.118 e. The van der Waals surface area contributed by atoms with Crippen LogP contribution in [0.5, 0.6) is 5.75 Å². The summed E-state index contributed by atoms with van der Waals surface area (Å²) < 4.78 is 7.21. The van der Waals surface area contributed by atoms with Gasteiger partial charge in [0.1, 0.15) is 11.4 Å².